The summed E-state index contributed by atoms with van der Waals surface area (Å²) in [5.41, 5.74) is 2.04. The predicted molar refractivity (Wildman–Crippen MR) is 83.9 cm³/mol. The van der Waals surface area contributed by atoms with Gasteiger partial charge in [-0.2, -0.15) is 0 Å². The molecule has 0 aromatic heterocycles. The summed E-state index contributed by atoms with van der Waals surface area (Å²) in [7, 11) is 0. The average molecular weight is 310 g/mol. The molecular weight excluding hydrogens is 295 g/mol. The number of hydrogen-bond donors (Lipinski definition) is 1. The molecule has 0 bridgehead atoms. The molecule has 2 aromatic carbocycles. The second-order valence-corrected chi connectivity index (χ2v) is 11.1. The van der Waals surface area contributed by atoms with Crippen LogP contribution in [0.3, 0.4) is 0 Å². The lowest BCUT2D eigenvalue weighted by atomic mass is 10.2. The van der Waals surface area contributed by atoms with Crippen molar-refractivity contribution < 1.29 is 9.46 Å². The Morgan fingerprint density at radius 1 is 0.842 bits per heavy atom. The SMILES string of the molecule is Cc1ccccc1SP(=O)(O)Sc1ccccc1C. The van der Waals surface area contributed by atoms with Gasteiger partial charge in [0.1, 0.15) is 0 Å². The van der Waals surface area contributed by atoms with Gasteiger partial charge in [-0.1, -0.05) is 36.4 Å². The minimum atomic E-state index is -3.36. The zero-order valence-corrected chi connectivity index (χ0v) is 13.3. The Kier molecular flexibility index (Phi) is 4.80. The van der Waals surface area contributed by atoms with Crippen LogP contribution >= 0.6 is 28.5 Å². The minimum Gasteiger partial charge on any atom is -0.329 e. The Bertz CT molecular complexity index is 577. The molecule has 0 heterocycles. The molecule has 0 spiro atoms. The maximum Gasteiger partial charge on any atom is 0.320 e. The lowest BCUT2D eigenvalue weighted by molar-refractivity contribution is 0.514. The van der Waals surface area contributed by atoms with Crippen molar-refractivity contribution >= 4 is 28.5 Å². The lowest BCUT2D eigenvalue weighted by Gasteiger charge is -2.12. The topological polar surface area (TPSA) is 37.3 Å². The zero-order chi connectivity index (χ0) is 13.9. The largest absolute Gasteiger partial charge is 0.329 e. The molecule has 0 aliphatic rings. The van der Waals surface area contributed by atoms with Crippen LogP contribution in [-0.2, 0) is 4.57 Å². The second-order valence-electron chi connectivity index (χ2n) is 4.18. The maximum absolute atomic E-state index is 12.3. The van der Waals surface area contributed by atoms with Crippen LogP contribution in [0.1, 0.15) is 11.1 Å². The van der Waals surface area contributed by atoms with Gasteiger partial charge in [-0.3, -0.25) is 4.57 Å². The Morgan fingerprint density at radius 2 is 1.21 bits per heavy atom. The summed E-state index contributed by atoms with van der Waals surface area (Å²) >= 11 is 2.10. The van der Waals surface area contributed by atoms with Gasteiger partial charge in [0.15, 0.2) is 0 Å². The highest BCUT2D eigenvalue weighted by atomic mass is 33.1. The highest BCUT2D eigenvalue weighted by Gasteiger charge is 2.23. The van der Waals surface area contributed by atoms with Gasteiger partial charge in [0.05, 0.1) is 0 Å². The van der Waals surface area contributed by atoms with E-state index in [1.54, 1.807) is 0 Å². The van der Waals surface area contributed by atoms with E-state index in [1.165, 1.54) is 0 Å². The molecule has 0 unspecified atom stereocenters. The Morgan fingerprint density at radius 3 is 1.58 bits per heavy atom. The molecular formula is C14H15O2PS2. The molecule has 0 radical (unpaired) electrons. The van der Waals surface area contributed by atoms with Crippen molar-refractivity contribution in [3.05, 3.63) is 59.7 Å². The summed E-state index contributed by atoms with van der Waals surface area (Å²) in [6, 6.07) is 15.3. The first kappa shape index (κ1) is 14.7. The smallest absolute Gasteiger partial charge is 0.320 e. The van der Waals surface area contributed by atoms with Crippen molar-refractivity contribution in [3.8, 4) is 0 Å². The standard InChI is InChI=1S/C14H15O2PS2/c1-11-7-3-5-9-13(11)18-17(15,16)19-14-10-6-4-8-12(14)2/h3-10H,1-2H3,(H,15,16). The summed E-state index contributed by atoms with van der Waals surface area (Å²) < 4.78 is 12.3. The van der Waals surface area contributed by atoms with E-state index in [4.69, 9.17) is 0 Å². The molecule has 0 saturated carbocycles. The highest BCUT2D eigenvalue weighted by Crippen LogP contribution is 2.70. The van der Waals surface area contributed by atoms with Crippen LogP contribution in [0.25, 0.3) is 0 Å². The van der Waals surface area contributed by atoms with Crippen LogP contribution in [0, 0.1) is 13.8 Å². The van der Waals surface area contributed by atoms with Gasteiger partial charge in [-0.05, 0) is 59.9 Å². The van der Waals surface area contributed by atoms with Crippen LogP contribution < -0.4 is 0 Å². The Hall–Kier alpha value is -0.670. The van der Waals surface area contributed by atoms with Gasteiger partial charge in [0.25, 0.3) is 0 Å². The van der Waals surface area contributed by atoms with Crippen LogP contribution in [0.2, 0.25) is 0 Å². The summed E-state index contributed by atoms with van der Waals surface area (Å²) in [6.45, 7) is 3.89. The predicted octanol–water partition coefficient (Wildman–Crippen LogP) is 5.29. The normalized spacial score (nSPS) is 11.5. The van der Waals surface area contributed by atoms with E-state index in [1.807, 2.05) is 62.4 Å². The number of aryl methyl sites for hydroxylation is 2. The molecule has 1 N–H and O–H groups in total. The van der Waals surface area contributed by atoms with Crippen LogP contribution in [0.4, 0.5) is 0 Å². The fourth-order valence-electron chi connectivity index (χ4n) is 1.58. The molecule has 0 aliphatic carbocycles. The van der Waals surface area contributed by atoms with E-state index in [2.05, 4.69) is 0 Å². The van der Waals surface area contributed by atoms with Gasteiger partial charge in [-0.25, -0.2) is 0 Å². The fourth-order valence-corrected chi connectivity index (χ4v) is 7.44. The van der Waals surface area contributed by atoms with Crippen LogP contribution in [-0.4, -0.2) is 4.89 Å². The molecule has 0 fully saturated rings. The van der Waals surface area contributed by atoms with Crippen molar-refractivity contribution in [2.24, 2.45) is 0 Å². The molecule has 0 atom stereocenters. The fraction of sp³-hybridized carbons (Fsp3) is 0.143. The van der Waals surface area contributed by atoms with Crippen molar-refractivity contribution in [2.75, 3.05) is 0 Å². The molecule has 0 amide bonds. The van der Waals surface area contributed by atoms with E-state index in [-0.39, 0.29) is 0 Å². The molecule has 0 aliphatic heterocycles. The number of hydrogen-bond acceptors (Lipinski definition) is 3. The van der Waals surface area contributed by atoms with Crippen molar-refractivity contribution in [1.29, 1.82) is 0 Å². The summed E-state index contributed by atoms with van der Waals surface area (Å²) in [6.07, 6.45) is 0. The van der Waals surface area contributed by atoms with Gasteiger partial charge < -0.3 is 4.89 Å². The molecule has 5 heteroatoms. The first-order chi connectivity index (χ1) is 8.98. The first-order valence-electron chi connectivity index (χ1n) is 5.81. The van der Waals surface area contributed by atoms with E-state index in [0.717, 1.165) is 43.7 Å². The van der Waals surface area contributed by atoms with Crippen molar-refractivity contribution in [2.45, 2.75) is 23.6 Å². The lowest BCUT2D eigenvalue weighted by Crippen LogP contribution is -1.80. The van der Waals surface area contributed by atoms with E-state index >= 15 is 0 Å². The third-order valence-corrected chi connectivity index (χ3v) is 8.29. The Labute approximate surface area is 121 Å². The quantitative estimate of drug-likeness (QED) is 0.779. The second kappa shape index (κ2) is 6.19. The van der Waals surface area contributed by atoms with Crippen molar-refractivity contribution in [3.63, 3.8) is 0 Å². The van der Waals surface area contributed by atoms with Gasteiger partial charge >= 0.3 is 5.77 Å². The zero-order valence-electron chi connectivity index (χ0n) is 10.7. The first-order valence-corrected chi connectivity index (χ1v) is 10.3. The van der Waals surface area contributed by atoms with E-state index in [9.17, 15) is 9.46 Å². The molecule has 2 nitrogen and oxygen atoms in total. The van der Waals surface area contributed by atoms with Gasteiger partial charge in [0, 0.05) is 9.79 Å². The molecule has 19 heavy (non-hydrogen) atoms. The highest BCUT2D eigenvalue weighted by molar-refractivity contribution is 8.89. The maximum atomic E-state index is 12.3. The molecule has 2 rings (SSSR count). The Balaban J connectivity index is 2.18. The average Bonchev–Trinajstić information content (AvgIpc) is 2.35. The van der Waals surface area contributed by atoms with Crippen molar-refractivity contribution in [1.82, 2.24) is 0 Å². The molecule has 0 saturated heterocycles. The van der Waals surface area contributed by atoms with Crippen LogP contribution in [0.5, 0.6) is 0 Å². The summed E-state index contributed by atoms with van der Waals surface area (Å²) in [5, 5.41) is 0. The molecule has 100 valence electrons. The third kappa shape index (κ3) is 4.15. The third-order valence-electron chi connectivity index (χ3n) is 2.61. The van der Waals surface area contributed by atoms with Gasteiger partial charge in [-0.15, -0.1) is 0 Å². The van der Waals surface area contributed by atoms with E-state index in [0.29, 0.717) is 0 Å². The monoisotopic (exact) mass is 310 g/mol. The van der Waals surface area contributed by atoms with E-state index < -0.39 is 5.77 Å². The summed E-state index contributed by atoms with van der Waals surface area (Å²) in [5.74, 6) is -3.36. The van der Waals surface area contributed by atoms with Crippen LogP contribution in [0.15, 0.2) is 58.3 Å². The minimum absolute atomic E-state index is 0.856. The van der Waals surface area contributed by atoms with Gasteiger partial charge in [0.2, 0.25) is 0 Å². The summed E-state index contributed by atoms with van der Waals surface area (Å²) in [4.78, 5) is 11.9. The number of rotatable bonds is 4. The number of benzene rings is 2. The molecule has 2 aromatic rings.